The monoisotopic (exact) mass is 461 g/mol. The van der Waals surface area contributed by atoms with Crippen LogP contribution in [-0.4, -0.2) is 11.8 Å². The van der Waals surface area contributed by atoms with Crippen molar-refractivity contribution < 1.29 is 9.59 Å². The molecular formula is C30H27N3O2. The Morgan fingerprint density at radius 2 is 1.51 bits per heavy atom. The zero-order chi connectivity index (χ0) is 24.5. The highest BCUT2D eigenvalue weighted by molar-refractivity contribution is 6.14. The van der Waals surface area contributed by atoms with Gasteiger partial charge in [-0.2, -0.15) is 0 Å². The van der Waals surface area contributed by atoms with Gasteiger partial charge in [0.15, 0.2) is 0 Å². The lowest BCUT2D eigenvalue weighted by molar-refractivity contribution is 0.0997. The number of carbonyl (C=O) groups excluding carboxylic acids is 2. The SMILES string of the molecule is Cc1cc(NC(=O)c2cccc(C)c2C)ccc1C(=O)N1c2ccccc2CNc2ccccc21. The van der Waals surface area contributed by atoms with Crippen LogP contribution in [0.5, 0.6) is 0 Å². The highest BCUT2D eigenvalue weighted by Crippen LogP contribution is 2.39. The Bertz CT molecular complexity index is 1410. The Balaban J connectivity index is 1.48. The summed E-state index contributed by atoms with van der Waals surface area (Å²) < 4.78 is 0. The maximum Gasteiger partial charge on any atom is 0.263 e. The minimum absolute atomic E-state index is 0.112. The van der Waals surface area contributed by atoms with Crippen molar-refractivity contribution in [2.45, 2.75) is 27.3 Å². The molecule has 0 unspecified atom stereocenters. The number of nitrogens with zero attached hydrogens (tertiary/aromatic N) is 1. The molecule has 5 heteroatoms. The van der Waals surface area contributed by atoms with E-state index < -0.39 is 0 Å². The molecule has 174 valence electrons. The number of nitrogens with one attached hydrogen (secondary N) is 2. The van der Waals surface area contributed by atoms with E-state index in [1.165, 1.54) is 0 Å². The normalized spacial score (nSPS) is 12.1. The zero-order valence-corrected chi connectivity index (χ0v) is 20.1. The predicted molar refractivity (Wildman–Crippen MR) is 142 cm³/mol. The Morgan fingerprint density at radius 3 is 2.31 bits per heavy atom. The second-order valence-corrected chi connectivity index (χ2v) is 8.87. The first-order chi connectivity index (χ1) is 16.9. The fraction of sp³-hybridized carbons (Fsp3) is 0.133. The largest absolute Gasteiger partial charge is 0.379 e. The highest BCUT2D eigenvalue weighted by atomic mass is 16.2. The number of hydrogen-bond acceptors (Lipinski definition) is 3. The number of hydrogen-bond donors (Lipinski definition) is 2. The van der Waals surface area contributed by atoms with E-state index in [9.17, 15) is 9.59 Å². The second kappa shape index (κ2) is 9.11. The molecule has 0 radical (unpaired) electrons. The van der Waals surface area contributed by atoms with E-state index in [1.54, 1.807) is 17.0 Å². The fourth-order valence-electron chi connectivity index (χ4n) is 4.53. The Labute approximate surface area is 205 Å². The molecule has 0 saturated carbocycles. The van der Waals surface area contributed by atoms with Crippen LogP contribution in [-0.2, 0) is 6.54 Å². The van der Waals surface area contributed by atoms with Gasteiger partial charge in [-0.1, -0.05) is 42.5 Å². The van der Waals surface area contributed by atoms with Gasteiger partial charge in [0.1, 0.15) is 0 Å². The van der Waals surface area contributed by atoms with Crippen LogP contribution in [0.25, 0.3) is 0 Å². The molecule has 35 heavy (non-hydrogen) atoms. The van der Waals surface area contributed by atoms with Crippen LogP contribution in [0.3, 0.4) is 0 Å². The summed E-state index contributed by atoms with van der Waals surface area (Å²) in [6.07, 6.45) is 0. The number of carbonyl (C=O) groups is 2. The van der Waals surface area contributed by atoms with Crippen LogP contribution in [0.4, 0.5) is 22.7 Å². The van der Waals surface area contributed by atoms with Crippen molar-refractivity contribution in [3.63, 3.8) is 0 Å². The fourth-order valence-corrected chi connectivity index (χ4v) is 4.53. The van der Waals surface area contributed by atoms with Crippen molar-refractivity contribution in [2.24, 2.45) is 0 Å². The van der Waals surface area contributed by atoms with Gasteiger partial charge in [0, 0.05) is 23.4 Å². The number of para-hydroxylation sites is 3. The van der Waals surface area contributed by atoms with Crippen molar-refractivity contribution in [3.05, 3.63) is 118 Å². The predicted octanol–water partition coefficient (Wildman–Crippen LogP) is 6.77. The molecule has 0 atom stereocenters. The first-order valence-electron chi connectivity index (χ1n) is 11.7. The third-order valence-electron chi connectivity index (χ3n) is 6.61. The molecule has 0 spiro atoms. The van der Waals surface area contributed by atoms with Crippen LogP contribution in [0.1, 0.15) is 43.0 Å². The van der Waals surface area contributed by atoms with Gasteiger partial charge in [-0.15, -0.1) is 0 Å². The summed E-state index contributed by atoms with van der Waals surface area (Å²) in [6.45, 7) is 6.47. The average molecular weight is 462 g/mol. The van der Waals surface area contributed by atoms with Gasteiger partial charge < -0.3 is 10.6 Å². The summed E-state index contributed by atoms with van der Waals surface area (Å²) in [6, 6.07) is 26.9. The minimum atomic E-state index is -0.161. The standard InChI is InChI=1S/C30H27N3O2/c1-19-9-8-11-25(21(19)3)29(34)32-23-15-16-24(20(2)17-23)30(35)33-27-13-6-4-10-22(27)18-31-26-12-5-7-14-28(26)33/h4-17,31H,18H2,1-3H3,(H,32,34). The van der Waals surface area contributed by atoms with Crippen molar-refractivity contribution in [3.8, 4) is 0 Å². The van der Waals surface area contributed by atoms with Crippen molar-refractivity contribution in [2.75, 3.05) is 15.5 Å². The smallest absolute Gasteiger partial charge is 0.263 e. The van der Waals surface area contributed by atoms with Crippen LogP contribution in [0, 0.1) is 20.8 Å². The van der Waals surface area contributed by atoms with Gasteiger partial charge in [-0.25, -0.2) is 0 Å². The lowest BCUT2D eigenvalue weighted by Gasteiger charge is -2.25. The molecule has 0 bridgehead atoms. The summed E-state index contributed by atoms with van der Waals surface area (Å²) in [7, 11) is 0. The minimum Gasteiger partial charge on any atom is -0.379 e. The van der Waals surface area contributed by atoms with E-state index in [2.05, 4.69) is 10.6 Å². The van der Waals surface area contributed by atoms with E-state index in [4.69, 9.17) is 0 Å². The number of amides is 2. The summed E-state index contributed by atoms with van der Waals surface area (Å²) in [4.78, 5) is 28.6. The molecule has 0 aromatic heterocycles. The maximum absolute atomic E-state index is 13.9. The number of fused-ring (bicyclic) bond motifs is 2. The van der Waals surface area contributed by atoms with Gasteiger partial charge in [0.05, 0.1) is 17.1 Å². The number of benzene rings is 4. The molecule has 4 aromatic carbocycles. The summed E-state index contributed by atoms with van der Waals surface area (Å²) >= 11 is 0. The van der Waals surface area contributed by atoms with E-state index in [0.29, 0.717) is 23.4 Å². The second-order valence-electron chi connectivity index (χ2n) is 8.87. The Morgan fingerprint density at radius 1 is 0.771 bits per heavy atom. The first-order valence-corrected chi connectivity index (χ1v) is 11.7. The van der Waals surface area contributed by atoms with Crippen molar-refractivity contribution in [1.29, 1.82) is 0 Å². The number of aryl methyl sites for hydroxylation is 2. The lowest BCUT2D eigenvalue weighted by Crippen LogP contribution is -2.27. The van der Waals surface area contributed by atoms with Gasteiger partial charge in [-0.05, 0) is 85.5 Å². The summed E-state index contributed by atoms with van der Waals surface area (Å²) in [5, 5.41) is 6.43. The quantitative estimate of drug-likeness (QED) is 0.354. The lowest BCUT2D eigenvalue weighted by atomic mass is 10.0. The molecule has 1 heterocycles. The molecule has 5 rings (SSSR count). The molecule has 1 aliphatic rings. The van der Waals surface area contributed by atoms with Crippen molar-refractivity contribution in [1.82, 2.24) is 0 Å². The Hall–Kier alpha value is -4.38. The third kappa shape index (κ3) is 4.17. The molecule has 0 fully saturated rings. The molecule has 1 aliphatic heterocycles. The summed E-state index contributed by atoms with van der Waals surface area (Å²) in [5.74, 6) is -0.273. The topological polar surface area (TPSA) is 61.4 Å². The van der Waals surface area contributed by atoms with E-state index in [0.717, 1.165) is 39.3 Å². The number of rotatable bonds is 3. The molecule has 2 amide bonds. The van der Waals surface area contributed by atoms with Gasteiger partial charge in [-0.3, -0.25) is 14.5 Å². The molecule has 0 aliphatic carbocycles. The van der Waals surface area contributed by atoms with Crippen LogP contribution >= 0.6 is 0 Å². The molecule has 2 N–H and O–H groups in total. The molecule has 5 nitrogen and oxygen atoms in total. The number of anilines is 4. The van der Waals surface area contributed by atoms with Crippen LogP contribution in [0.2, 0.25) is 0 Å². The van der Waals surface area contributed by atoms with Gasteiger partial charge in [0.2, 0.25) is 0 Å². The van der Waals surface area contributed by atoms with E-state index >= 15 is 0 Å². The first kappa shape index (κ1) is 22.4. The van der Waals surface area contributed by atoms with E-state index in [1.807, 2.05) is 93.6 Å². The summed E-state index contributed by atoms with van der Waals surface area (Å²) in [5.41, 5.74) is 8.34. The van der Waals surface area contributed by atoms with Gasteiger partial charge >= 0.3 is 0 Å². The maximum atomic E-state index is 13.9. The van der Waals surface area contributed by atoms with Gasteiger partial charge in [0.25, 0.3) is 11.8 Å². The van der Waals surface area contributed by atoms with E-state index in [-0.39, 0.29) is 11.8 Å². The van der Waals surface area contributed by atoms with Crippen molar-refractivity contribution >= 4 is 34.6 Å². The molecule has 0 saturated heterocycles. The molecule has 4 aromatic rings. The third-order valence-corrected chi connectivity index (χ3v) is 6.61. The van der Waals surface area contributed by atoms with Crippen LogP contribution < -0.4 is 15.5 Å². The van der Waals surface area contributed by atoms with Crippen LogP contribution in [0.15, 0.2) is 84.9 Å². The Kier molecular flexibility index (Phi) is 5.83. The average Bonchev–Trinajstić information content (AvgIpc) is 3.02. The highest BCUT2D eigenvalue weighted by Gasteiger charge is 2.27. The molecular weight excluding hydrogens is 434 g/mol. The zero-order valence-electron chi connectivity index (χ0n) is 20.1.